The van der Waals surface area contributed by atoms with E-state index >= 15 is 0 Å². The number of nitrogens with zero attached hydrogens (tertiary/aromatic N) is 2. The Morgan fingerprint density at radius 3 is 2.52 bits per heavy atom. The molecule has 2 fully saturated rings. The quantitative estimate of drug-likeness (QED) is 0.772. The van der Waals surface area contributed by atoms with E-state index in [0.717, 1.165) is 19.3 Å². The van der Waals surface area contributed by atoms with Gasteiger partial charge >= 0.3 is 5.97 Å². The zero-order chi connectivity index (χ0) is 15.8. The van der Waals surface area contributed by atoms with Crippen molar-refractivity contribution >= 4 is 17.8 Å². The van der Waals surface area contributed by atoms with Crippen LogP contribution in [0.4, 0.5) is 0 Å². The number of likely N-dealkylation sites (tertiary alicyclic amines) is 2. The minimum atomic E-state index is -1.04. The topological polar surface area (TPSA) is 77.9 Å². The molecule has 2 saturated heterocycles. The lowest BCUT2D eigenvalue weighted by Crippen LogP contribution is -2.55. The highest BCUT2D eigenvalue weighted by Crippen LogP contribution is 2.35. The Bertz CT molecular complexity index is 461. The minimum absolute atomic E-state index is 0.0753. The van der Waals surface area contributed by atoms with E-state index in [2.05, 4.69) is 0 Å². The molecular weight excluding hydrogens is 272 g/mol. The largest absolute Gasteiger partial charge is 0.480 e. The van der Waals surface area contributed by atoms with Crippen LogP contribution in [0.25, 0.3) is 0 Å². The monoisotopic (exact) mass is 296 g/mol. The fraction of sp³-hybridized carbons (Fsp3) is 0.800. The summed E-state index contributed by atoms with van der Waals surface area (Å²) in [5.74, 6) is -1.30. The zero-order valence-electron chi connectivity index (χ0n) is 13.0. The van der Waals surface area contributed by atoms with E-state index in [-0.39, 0.29) is 24.3 Å². The van der Waals surface area contributed by atoms with E-state index in [1.165, 1.54) is 4.90 Å². The van der Waals surface area contributed by atoms with Gasteiger partial charge in [0.2, 0.25) is 11.8 Å². The predicted octanol–water partition coefficient (Wildman–Crippen LogP) is 1.24. The van der Waals surface area contributed by atoms with E-state index in [1.54, 1.807) is 11.8 Å². The third kappa shape index (κ3) is 2.46. The van der Waals surface area contributed by atoms with Crippen molar-refractivity contribution in [1.82, 2.24) is 9.80 Å². The van der Waals surface area contributed by atoms with Crippen molar-refractivity contribution in [3.05, 3.63) is 0 Å². The molecule has 0 spiro atoms. The third-order valence-corrected chi connectivity index (χ3v) is 5.00. The van der Waals surface area contributed by atoms with Crippen molar-refractivity contribution in [1.29, 1.82) is 0 Å². The summed E-state index contributed by atoms with van der Waals surface area (Å²) in [6.45, 7) is 6.13. The van der Waals surface area contributed by atoms with Crippen LogP contribution in [0.1, 0.15) is 52.9 Å². The summed E-state index contributed by atoms with van der Waals surface area (Å²) in [5.41, 5.74) is -1.04. The van der Waals surface area contributed by atoms with Crippen LogP contribution in [0.2, 0.25) is 0 Å². The molecule has 21 heavy (non-hydrogen) atoms. The van der Waals surface area contributed by atoms with Gasteiger partial charge in [-0.15, -0.1) is 0 Å². The highest BCUT2D eigenvalue weighted by atomic mass is 16.4. The number of carboxylic acids is 1. The number of hydrogen-bond acceptors (Lipinski definition) is 4. The number of aliphatic carboxylic acids is 1. The first kappa shape index (κ1) is 15.9. The maximum atomic E-state index is 12.6. The van der Waals surface area contributed by atoms with Crippen LogP contribution in [-0.4, -0.2) is 56.9 Å². The molecule has 2 heterocycles. The Morgan fingerprint density at radius 2 is 2.00 bits per heavy atom. The van der Waals surface area contributed by atoms with Gasteiger partial charge < -0.3 is 5.11 Å². The molecule has 2 aliphatic heterocycles. The number of carboxylic acid groups (broad SMARTS) is 1. The van der Waals surface area contributed by atoms with Gasteiger partial charge in [-0.2, -0.15) is 0 Å². The second-order valence-electron chi connectivity index (χ2n) is 6.17. The molecule has 2 aliphatic rings. The molecule has 0 aliphatic carbocycles. The first-order chi connectivity index (χ1) is 9.86. The summed E-state index contributed by atoms with van der Waals surface area (Å²) in [7, 11) is 0. The smallest absolute Gasteiger partial charge is 0.323 e. The number of carbonyl (C=O) groups excluding carboxylic acids is 2. The second kappa shape index (κ2) is 5.75. The summed E-state index contributed by atoms with van der Waals surface area (Å²) >= 11 is 0. The standard InChI is InChI=1S/C15H24N2O4/c1-4-10(5-2)17-12(18)9-11(13(17)19)16-8-6-7-15(16,3)14(20)21/h10-11H,4-9H2,1-3H3,(H,20,21). The summed E-state index contributed by atoms with van der Waals surface area (Å²) in [5, 5.41) is 9.47. The van der Waals surface area contributed by atoms with E-state index in [0.29, 0.717) is 13.0 Å². The first-order valence-electron chi connectivity index (χ1n) is 7.72. The van der Waals surface area contributed by atoms with Gasteiger partial charge in [-0.1, -0.05) is 13.8 Å². The van der Waals surface area contributed by atoms with Gasteiger partial charge in [0.1, 0.15) is 5.54 Å². The lowest BCUT2D eigenvalue weighted by atomic mass is 9.97. The van der Waals surface area contributed by atoms with Crippen LogP contribution in [0, 0.1) is 0 Å². The number of imide groups is 1. The molecule has 1 N–H and O–H groups in total. The molecule has 6 nitrogen and oxygen atoms in total. The van der Waals surface area contributed by atoms with Gasteiger partial charge in [0.15, 0.2) is 0 Å². The maximum Gasteiger partial charge on any atom is 0.323 e. The second-order valence-corrected chi connectivity index (χ2v) is 6.17. The van der Waals surface area contributed by atoms with Crippen molar-refractivity contribution in [3.8, 4) is 0 Å². The highest BCUT2D eigenvalue weighted by Gasteiger charge is 2.53. The summed E-state index contributed by atoms with van der Waals surface area (Å²) in [6.07, 6.45) is 2.84. The van der Waals surface area contributed by atoms with E-state index in [4.69, 9.17) is 0 Å². The van der Waals surface area contributed by atoms with Gasteiger partial charge in [0, 0.05) is 12.6 Å². The maximum absolute atomic E-state index is 12.6. The average molecular weight is 296 g/mol. The third-order valence-electron chi connectivity index (χ3n) is 5.00. The molecule has 2 unspecified atom stereocenters. The number of hydrogen-bond donors (Lipinski definition) is 1. The number of rotatable bonds is 5. The predicted molar refractivity (Wildman–Crippen MR) is 76.6 cm³/mol. The molecule has 0 aromatic heterocycles. The molecule has 0 saturated carbocycles. The Morgan fingerprint density at radius 1 is 1.38 bits per heavy atom. The summed E-state index contributed by atoms with van der Waals surface area (Å²) < 4.78 is 0. The minimum Gasteiger partial charge on any atom is -0.480 e. The normalized spacial score (nSPS) is 30.7. The Labute approximate surface area is 125 Å². The van der Waals surface area contributed by atoms with Gasteiger partial charge in [-0.3, -0.25) is 24.2 Å². The van der Waals surface area contributed by atoms with Crippen LogP contribution >= 0.6 is 0 Å². The van der Waals surface area contributed by atoms with Crippen molar-refractivity contribution in [2.75, 3.05) is 6.54 Å². The van der Waals surface area contributed by atoms with Gasteiger partial charge in [0.25, 0.3) is 0 Å². The summed E-state index contributed by atoms with van der Waals surface area (Å²) in [4.78, 5) is 39.5. The van der Waals surface area contributed by atoms with Gasteiger partial charge in [-0.05, 0) is 32.6 Å². The Balaban J connectivity index is 2.25. The van der Waals surface area contributed by atoms with Crippen LogP contribution in [0.15, 0.2) is 0 Å². The Hall–Kier alpha value is -1.43. The molecule has 0 aromatic rings. The van der Waals surface area contributed by atoms with E-state index < -0.39 is 17.6 Å². The molecule has 6 heteroatoms. The molecular formula is C15H24N2O4. The fourth-order valence-electron chi connectivity index (χ4n) is 3.63. The van der Waals surface area contributed by atoms with Crippen molar-refractivity contribution in [2.24, 2.45) is 0 Å². The molecule has 0 radical (unpaired) electrons. The van der Waals surface area contributed by atoms with E-state index in [1.807, 2.05) is 13.8 Å². The SMILES string of the molecule is CCC(CC)N1C(=O)CC(N2CCCC2(C)C(=O)O)C1=O. The molecule has 2 amide bonds. The van der Waals surface area contributed by atoms with Crippen LogP contribution in [0.5, 0.6) is 0 Å². The number of amides is 2. The molecule has 0 bridgehead atoms. The van der Waals surface area contributed by atoms with Crippen molar-refractivity contribution in [3.63, 3.8) is 0 Å². The van der Waals surface area contributed by atoms with Crippen LogP contribution < -0.4 is 0 Å². The average Bonchev–Trinajstić information content (AvgIpc) is 2.95. The van der Waals surface area contributed by atoms with Gasteiger partial charge in [0.05, 0.1) is 12.5 Å². The van der Waals surface area contributed by atoms with E-state index in [9.17, 15) is 19.5 Å². The fourth-order valence-corrected chi connectivity index (χ4v) is 3.63. The first-order valence-corrected chi connectivity index (χ1v) is 7.72. The van der Waals surface area contributed by atoms with Crippen molar-refractivity contribution < 1.29 is 19.5 Å². The molecule has 118 valence electrons. The Kier molecular flexibility index (Phi) is 4.37. The highest BCUT2D eigenvalue weighted by molar-refractivity contribution is 6.06. The van der Waals surface area contributed by atoms with Crippen LogP contribution in [0.3, 0.4) is 0 Å². The van der Waals surface area contributed by atoms with Crippen molar-refractivity contribution in [2.45, 2.75) is 70.5 Å². The lowest BCUT2D eigenvalue weighted by Gasteiger charge is -2.35. The molecule has 2 atom stereocenters. The lowest BCUT2D eigenvalue weighted by molar-refractivity contribution is -0.151. The molecule has 2 rings (SSSR count). The van der Waals surface area contributed by atoms with Gasteiger partial charge in [-0.25, -0.2) is 0 Å². The summed E-state index contributed by atoms with van der Waals surface area (Å²) in [6, 6.07) is -0.685. The zero-order valence-corrected chi connectivity index (χ0v) is 13.0. The number of carbonyl (C=O) groups is 3. The van der Waals surface area contributed by atoms with Crippen LogP contribution in [-0.2, 0) is 14.4 Å². The molecule has 0 aromatic carbocycles.